The zero-order valence-corrected chi connectivity index (χ0v) is 12.6. The topological polar surface area (TPSA) is 49.4 Å². The molecule has 0 fully saturated rings. The van der Waals surface area contributed by atoms with Gasteiger partial charge in [0.15, 0.2) is 5.78 Å². The maximum atomic E-state index is 12.1. The Bertz CT molecular complexity index is 440. The summed E-state index contributed by atoms with van der Waals surface area (Å²) in [6.07, 6.45) is 1.88. The molecule has 1 N–H and O–H groups in total. The molecule has 0 aliphatic carbocycles. The van der Waals surface area contributed by atoms with Crippen molar-refractivity contribution in [1.29, 1.82) is 0 Å². The van der Waals surface area contributed by atoms with Crippen LogP contribution in [0.5, 0.6) is 0 Å². The van der Waals surface area contributed by atoms with Crippen LogP contribution in [0.3, 0.4) is 0 Å². The normalized spacial score (nSPS) is 10.6. The SMILES string of the molecule is CCCNC(=O)CN(C)CC(=O)c1ccc(CC)cc1. The highest BCUT2D eigenvalue weighted by Crippen LogP contribution is 2.06. The molecule has 0 bridgehead atoms. The van der Waals surface area contributed by atoms with E-state index in [2.05, 4.69) is 12.2 Å². The van der Waals surface area contributed by atoms with Gasteiger partial charge in [-0.15, -0.1) is 0 Å². The lowest BCUT2D eigenvalue weighted by Crippen LogP contribution is -2.37. The standard InChI is InChI=1S/C16H24N2O2/c1-4-10-17-16(20)12-18(3)11-15(19)14-8-6-13(5-2)7-9-14/h6-9H,4-5,10-12H2,1-3H3,(H,17,20). The summed E-state index contributed by atoms with van der Waals surface area (Å²) >= 11 is 0. The maximum absolute atomic E-state index is 12.1. The minimum absolute atomic E-state index is 0.0384. The van der Waals surface area contributed by atoms with E-state index in [0.717, 1.165) is 12.8 Å². The zero-order chi connectivity index (χ0) is 15.0. The fourth-order valence-corrected chi connectivity index (χ4v) is 1.88. The van der Waals surface area contributed by atoms with Gasteiger partial charge < -0.3 is 5.32 Å². The highest BCUT2D eigenvalue weighted by atomic mass is 16.2. The van der Waals surface area contributed by atoms with Crippen molar-refractivity contribution in [3.63, 3.8) is 0 Å². The van der Waals surface area contributed by atoms with E-state index in [1.54, 1.807) is 11.9 Å². The van der Waals surface area contributed by atoms with Gasteiger partial charge in [0.25, 0.3) is 0 Å². The van der Waals surface area contributed by atoms with Crippen molar-refractivity contribution in [2.75, 3.05) is 26.7 Å². The molecule has 4 heteroatoms. The quantitative estimate of drug-likeness (QED) is 0.738. The van der Waals surface area contributed by atoms with E-state index in [1.165, 1.54) is 5.56 Å². The lowest BCUT2D eigenvalue weighted by Gasteiger charge is -2.15. The van der Waals surface area contributed by atoms with Gasteiger partial charge in [0.05, 0.1) is 13.1 Å². The van der Waals surface area contributed by atoms with Gasteiger partial charge in [-0.1, -0.05) is 38.1 Å². The van der Waals surface area contributed by atoms with Gasteiger partial charge in [-0.2, -0.15) is 0 Å². The number of hydrogen-bond acceptors (Lipinski definition) is 3. The molecular weight excluding hydrogens is 252 g/mol. The predicted molar refractivity (Wildman–Crippen MR) is 80.9 cm³/mol. The molecule has 0 heterocycles. The molecule has 20 heavy (non-hydrogen) atoms. The number of likely N-dealkylation sites (N-methyl/N-ethyl adjacent to an activating group) is 1. The Morgan fingerprint density at radius 3 is 2.30 bits per heavy atom. The zero-order valence-electron chi connectivity index (χ0n) is 12.6. The van der Waals surface area contributed by atoms with E-state index in [9.17, 15) is 9.59 Å². The summed E-state index contributed by atoms with van der Waals surface area (Å²) in [6.45, 7) is 5.27. The highest BCUT2D eigenvalue weighted by molar-refractivity contribution is 5.97. The van der Waals surface area contributed by atoms with E-state index in [1.807, 2.05) is 31.2 Å². The van der Waals surface area contributed by atoms with Crippen molar-refractivity contribution in [1.82, 2.24) is 10.2 Å². The molecular formula is C16H24N2O2. The second-order valence-electron chi connectivity index (χ2n) is 5.00. The van der Waals surface area contributed by atoms with Crippen LogP contribution >= 0.6 is 0 Å². The number of carbonyl (C=O) groups excluding carboxylic acids is 2. The van der Waals surface area contributed by atoms with Gasteiger partial charge >= 0.3 is 0 Å². The van der Waals surface area contributed by atoms with Crippen molar-refractivity contribution in [3.05, 3.63) is 35.4 Å². The Morgan fingerprint density at radius 1 is 1.10 bits per heavy atom. The van der Waals surface area contributed by atoms with E-state index >= 15 is 0 Å². The Hall–Kier alpha value is -1.68. The van der Waals surface area contributed by atoms with Crippen molar-refractivity contribution >= 4 is 11.7 Å². The van der Waals surface area contributed by atoms with Gasteiger partial charge in [0.2, 0.25) is 5.91 Å². The lowest BCUT2D eigenvalue weighted by molar-refractivity contribution is -0.121. The summed E-state index contributed by atoms with van der Waals surface area (Å²) in [4.78, 5) is 25.4. The number of benzene rings is 1. The minimum Gasteiger partial charge on any atom is -0.355 e. The molecule has 110 valence electrons. The summed E-state index contributed by atoms with van der Waals surface area (Å²) in [5, 5.41) is 2.80. The number of nitrogens with zero attached hydrogens (tertiary/aromatic N) is 1. The van der Waals surface area contributed by atoms with E-state index in [-0.39, 0.29) is 24.8 Å². The monoisotopic (exact) mass is 276 g/mol. The summed E-state index contributed by atoms with van der Waals surface area (Å²) in [5.74, 6) is 0.00178. The predicted octanol–water partition coefficient (Wildman–Crippen LogP) is 1.89. The van der Waals surface area contributed by atoms with E-state index < -0.39 is 0 Å². The second-order valence-corrected chi connectivity index (χ2v) is 5.00. The summed E-state index contributed by atoms with van der Waals surface area (Å²) in [7, 11) is 1.78. The van der Waals surface area contributed by atoms with Crippen LogP contribution in [0, 0.1) is 0 Å². The van der Waals surface area contributed by atoms with Gasteiger partial charge in [-0.3, -0.25) is 14.5 Å². The largest absolute Gasteiger partial charge is 0.355 e. The molecule has 0 aliphatic rings. The first-order valence-electron chi connectivity index (χ1n) is 7.14. The molecule has 0 saturated carbocycles. The fourth-order valence-electron chi connectivity index (χ4n) is 1.88. The molecule has 1 aromatic carbocycles. The van der Waals surface area contributed by atoms with Crippen LogP contribution in [0.2, 0.25) is 0 Å². The van der Waals surface area contributed by atoms with Crippen molar-refractivity contribution in [2.24, 2.45) is 0 Å². The molecule has 1 amide bonds. The first kappa shape index (κ1) is 16.4. The van der Waals surface area contributed by atoms with Gasteiger partial charge in [-0.05, 0) is 25.5 Å². The van der Waals surface area contributed by atoms with E-state index in [0.29, 0.717) is 12.1 Å². The number of aryl methyl sites for hydroxylation is 1. The molecule has 1 rings (SSSR count). The molecule has 0 atom stereocenters. The van der Waals surface area contributed by atoms with E-state index in [4.69, 9.17) is 0 Å². The smallest absolute Gasteiger partial charge is 0.234 e. The minimum atomic E-state index is -0.0384. The Morgan fingerprint density at radius 2 is 1.75 bits per heavy atom. The summed E-state index contributed by atoms with van der Waals surface area (Å²) in [5.41, 5.74) is 1.91. The molecule has 0 saturated heterocycles. The van der Waals surface area contributed by atoms with Crippen LogP contribution in [-0.4, -0.2) is 43.3 Å². The van der Waals surface area contributed by atoms with Crippen LogP contribution in [0.25, 0.3) is 0 Å². The number of carbonyl (C=O) groups is 2. The van der Waals surface area contributed by atoms with Gasteiger partial charge in [-0.25, -0.2) is 0 Å². The number of nitrogens with one attached hydrogen (secondary N) is 1. The number of Topliss-reactive ketones (excluding diaryl/α,β-unsaturated/α-hetero) is 1. The molecule has 0 aliphatic heterocycles. The third-order valence-electron chi connectivity index (χ3n) is 3.08. The third kappa shape index (κ3) is 5.53. The Labute approximate surface area is 121 Å². The first-order chi connectivity index (χ1) is 9.56. The molecule has 4 nitrogen and oxygen atoms in total. The second kappa shape index (κ2) is 8.48. The third-order valence-corrected chi connectivity index (χ3v) is 3.08. The lowest BCUT2D eigenvalue weighted by atomic mass is 10.1. The molecule has 0 unspecified atom stereocenters. The van der Waals surface area contributed by atoms with Crippen LogP contribution < -0.4 is 5.32 Å². The fraction of sp³-hybridized carbons (Fsp3) is 0.500. The molecule has 0 aromatic heterocycles. The molecule has 1 aromatic rings. The van der Waals surface area contributed by atoms with Crippen LogP contribution in [0.1, 0.15) is 36.2 Å². The average Bonchev–Trinajstić information content (AvgIpc) is 2.45. The summed E-state index contributed by atoms with van der Waals surface area (Å²) in [6, 6.07) is 7.65. The van der Waals surface area contributed by atoms with Crippen LogP contribution in [0.15, 0.2) is 24.3 Å². The number of ketones is 1. The molecule has 0 spiro atoms. The van der Waals surface area contributed by atoms with Crippen LogP contribution in [0.4, 0.5) is 0 Å². The van der Waals surface area contributed by atoms with Crippen molar-refractivity contribution < 1.29 is 9.59 Å². The number of amides is 1. The van der Waals surface area contributed by atoms with Crippen molar-refractivity contribution in [3.8, 4) is 0 Å². The highest BCUT2D eigenvalue weighted by Gasteiger charge is 2.12. The van der Waals surface area contributed by atoms with Crippen molar-refractivity contribution in [2.45, 2.75) is 26.7 Å². The number of rotatable bonds is 8. The van der Waals surface area contributed by atoms with Gasteiger partial charge in [0, 0.05) is 12.1 Å². The molecule has 0 radical (unpaired) electrons. The maximum Gasteiger partial charge on any atom is 0.234 e. The van der Waals surface area contributed by atoms with Crippen LogP contribution in [-0.2, 0) is 11.2 Å². The average molecular weight is 276 g/mol. The first-order valence-corrected chi connectivity index (χ1v) is 7.14. The summed E-state index contributed by atoms with van der Waals surface area (Å²) < 4.78 is 0. The van der Waals surface area contributed by atoms with Gasteiger partial charge in [0.1, 0.15) is 0 Å². The number of hydrogen-bond donors (Lipinski definition) is 1. The Kier molecular flexibility index (Phi) is 6.94. The Balaban J connectivity index is 2.46.